The van der Waals surface area contributed by atoms with Gasteiger partial charge in [-0.3, -0.25) is 8.97 Å². The van der Waals surface area contributed by atoms with Gasteiger partial charge in [0.1, 0.15) is 11.2 Å². The summed E-state index contributed by atoms with van der Waals surface area (Å²) in [5.41, 5.74) is 9.02. The van der Waals surface area contributed by atoms with Crippen LogP contribution in [0.15, 0.2) is 128 Å². The van der Waals surface area contributed by atoms with Gasteiger partial charge in [-0.2, -0.15) is 0 Å². The molecular formula is C33H21N5. The van der Waals surface area contributed by atoms with Gasteiger partial charge >= 0.3 is 0 Å². The summed E-state index contributed by atoms with van der Waals surface area (Å²) in [6, 6.07) is 41.5. The molecule has 0 saturated heterocycles. The van der Waals surface area contributed by atoms with E-state index in [-0.39, 0.29) is 0 Å². The van der Waals surface area contributed by atoms with Gasteiger partial charge in [-0.05, 0) is 36.4 Å². The molecule has 0 N–H and O–H groups in total. The molecule has 178 valence electrons. The van der Waals surface area contributed by atoms with E-state index in [1.807, 2.05) is 48.5 Å². The molecule has 8 rings (SSSR count). The predicted octanol–water partition coefficient (Wildman–Crippen LogP) is 7.71. The highest BCUT2D eigenvalue weighted by Crippen LogP contribution is 2.34. The Kier molecular flexibility index (Phi) is 4.45. The minimum absolute atomic E-state index is 0.704. The molecule has 0 aliphatic carbocycles. The van der Waals surface area contributed by atoms with Gasteiger partial charge in [-0.25, -0.2) is 15.0 Å². The maximum Gasteiger partial charge on any atom is 0.160 e. The average molecular weight is 488 g/mol. The Labute approximate surface area is 218 Å². The summed E-state index contributed by atoms with van der Waals surface area (Å²) < 4.78 is 4.44. The van der Waals surface area contributed by atoms with Crippen LogP contribution in [0.25, 0.3) is 66.9 Å². The Hall–Kier alpha value is -5.29. The molecule has 0 spiro atoms. The van der Waals surface area contributed by atoms with Crippen molar-refractivity contribution in [3.63, 3.8) is 0 Å². The second-order valence-electron chi connectivity index (χ2n) is 9.39. The van der Waals surface area contributed by atoms with Crippen LogP contribution in [-0.4, -0.2) is 23.9 Å². The molecule has 8 aromatic rings. The van der Waals surface area contributed by atoms with Crippen LogP contribution in [0, 0.1) is 0 Å². The molecule has 38 heavy (non-hydrogen) atoms. The van der Waals surface area contributed by atoms with E-state index >= 15 is 0 Å². The molecule has 0 fully saturated rings. The van der Waals surface area contributed by atoms with Crippen LogP contribution in [0.2, 0.25) is 0 Å². The number of nitrogens with zero attached hydrogens (tertiary/aromatic N) is 5. The first-order chi connectivity index (χ1) is 18.8. The number of hydrogen-bond acceptors (Lipinski definition) is 3. The molecule has 0 unspecified atom stereocenters. The Morgan fingerprint density at radius 1 is 0.553 bits per heavy atom. The summed E-state index contributed by atoms with van der Waals surface area (Å²) in [4.78, 5) is 15.0. The molecule has 5 heteroatoms. The number of imidazole rings is 1. The maximum atomic E-state index is 5.09. The Bertz CT molecular complexity index is 2130. The van der Waals surface area contributed by atoms with Crippen molar-refractivity contribution in [3.8, 4) is 28.3 Å². The van der Waals surface area contributed by atoms with E-state index in [0.29, 0.717) is 5.82 Å². The summed E-state index contributed by atoms with van der Waals surface area (Å²) in [6.07, 6.45) is 2.07. The molecule has 0 bridgehead atoms. The minimum Gasteiger partial charge on any atom is -0.294 e. The topological polar surface area (TPSA) is 48.0 Å². The van der Waals surface area contributed by atoms with Gasteiger partial charge < -0.3 is 0 Å². The molecule has 0 atom stereocenters. The zero-order chi connectivity index (χ0) is 25.1. The largest absolute Gasteiger partial charge is 0.294 e. The molecule has 0 amide bonds. The van der Waals surface area contributed by atoms with Crippen LogP contribution in [0.1, 0.15) is 0 Å². The van der Waals surface area contributed by atoms with Crippen LogP contribution in [-0.2, 0) is 0 Å². The monoisotopic (exact) mass is 487 g/mol. The fourth-order valence-electron chi connectivity index (χ4n) is 5.43. The first kappa shape index (κ1) is 20.9. The predicted molar refractivity (Wildman–Crippen MR) is 153 cm³/mol. The Balaban J connectivity index is 1.39. The van der Waals surface area contributed by atoms with Crippen LogP contribution < -0.4 is 0 Å². The van der Waals surface area contributed by atoms with Gasteiger partial charge in [0, 0.05) is 33.8 Å². The van der Waals surface area contributed by atoms with E-state index in [9.17, 15) is 0 Å². The van der Waals surface area contributed by atoms with Crippen molar-refractivity contribution in [1.82, 2.24) is 23.9 Å². The lowest BCUT2D eigenvalue weighted by Crippen LogP contribution is -1.99. The average Bonchev–Trinajstić information content (AvgIpc) is 3.52. The minimum atomic E-state index is 0.704. The standard InChI is InChI=1S/C33H21N5/c1-2-11-22(12-3-1)30-25-15-4-6-17-27(25)34-32(36-30)23-13-10-14-24(21-23)38-28-18-7-5-16-26(28)31-33(38)37-20-9-8-19-29(37)35-31/h1-21H. The summed E-state index contributed by atoms with van der Waals surface area (Å²) in [7, 11) is 0. The van der Waals surface area contributed by atoms with Gasteiger partial charge in [0.2, 0.25) is 0 Å². The van der Waals surface area contributed by atoms with E-state index < -0.39 is 0 Å². The number of rotatable bonds is 3. The Morgan fingerprint density at radius 3 is 2.24 bits per heavy atom. The van der Waals surface area contributed by atoms with Crippen molar-refractivity contribution in [3.05, 3.63) is 128 Å². The van der Waals surface area contributed by atoms with Gasteiger partial charge in [-0.1, -0.05) is 84.9 Å². The molecule has 5 nitrogen and oxygen atoms in total. The van der Waals surface area contributed by atoms with Crippen LogP contribution >= 0.6 is 0 Å². The lowest BCUT2D eigenvalue weighted by molar-refractivity contribution is 1.09. The van der Waals surface area contributed by atoms with E-state index in [1.165, 1.54) is 0 Å². The highest BCUT2D eigenvalue weighted by atomic mass is 15.1. The first-order valence-corrected chi connectivity index (χ1v) is 12.6. The quantitative estimate of drug-likeness (QED) is 0.256. The lowest BCUT2D eigenvalue weighted by Gasteiger charge is -2.12. The lowest BCUT2D eigenvalue weighted by atomic mass is 10.1. The molecule has 4 aromatic heterocycles. The second-order valence-corrected chi connectivity index (χ2v) is 9.39. The summed E-state index contributed by atoms with van der Waals surface area (Å²) in [6.45, 7) is 0. The van der Waals surface area contributed by atoms with Crippen molar-refractivity contribution < 1.29 is 0 Å². The smallest absolute Gasteiger partial charge is 0.160 e. The SMILES string of the molecule is c1ccc(-c2nc(-c3cccc(-n4c5ccccc5c5nc6ccccn6c54)c3)nc3ccccc23)cc1. The Morgan fingerprint density at radius 2 is 1.32 bits per heavy atom. The molecule has 0 aliphatic heterocycles. The van der Waals surface area contributed by atoms with Crippen LogP contribution in [0.5, 0.6) is 0 Å². The third-order valence-corrected chi connectivity index (χ3v) is 7.13. The first-order valence-electron chi connectivity index (χ1n) is 12.6. The fourth-order valence-corrected chi connectivity index (χ4v) is 5.43. The normalized spacial score (nSPS) is 11.7. The molecule has 0 saturated carbocycles. The number of fused-ring (bicyclic) bond motifs is 6. The van der Waals surface area contributed by atoms with Crippen molar-refractivity contribution in [1.29, 1.82) is 0 Å². The highest BCUT2D eigenvalue weighted by molar-refractivity contribution is 6.07. The third kappa shape index (κ3) is 3.09. The molecule has 4 heterocycles. The van der Waals surface area contributed by atoms with E-state index in [0.717, 1.165) is 61.1 Å². The molecule has 4 aromatic carbocycles. The van der Waals surface area contributed by atoms with Gasteiger partial charge in [-0.15, -0.1) is 0 Å². The zero-order valence-electron chi connectivity index (χ0n) is 20.4. The molecule has 0 radical (unpaired) electrons. The fraction of sp³-hybridized carbons (Fsp3) is 0. The highest BCUT2D eigenvalue weighted by Gasteiger charge is 2.18. The van der Waals surface area contributed by atoms with Gasteiger partial charge in [0.15, 0.2) is 11.5 Å². The summed E-state index contributed by atoms with van der Waals surface area (Å²) >= 11 is 0. The summed E-state index contributed by atoms with van der Waals surface area (Å²) in [5, 5.41) is 2.17. The summed E-state index contributed by atoms with van der Waals surface area (Å²) in [5.74, 6) is 0.704. The van der Waals surface area contributed by atoms with E-state index in [4.69, 9.17) is 15.0 Å². The molecule has 0 aliphatic rings. The maximum absolute atomic E-state index is 5.09. The number of hydrogen-bond donors (Lipinski definition) is 0. The molecular weight excluding hydrogens is 466 g/mol. The number of benzene rings is 4. The van der Waals surface area contributed by atoms with Crippen molar-refractivity contribution in [2.45, 2.75) is 0 Å². The van der Waals surface area contributed by atoms with E-state index in [2.05, 4.69) is 88.0 Å². The van der Waals surface area contributed by atoms with Crippen molar-refractivity contribution in [2.75, 3.05) is 0 Å². The number of aromatic nitrogens is 5. The van der Waals surface area contributed by atoms with Crippen molar-refractivity contribution >= 4 is 38.6 Å². The van der Waals surface area contributed by atoms with Gasteiger partial charge in [0.05, 0.1) is 16.7 Å². The zero-order valence-corrected chi connectivity index (χ0v) is 20.4. The van der Waals surface area contributed by atoms with Crippen molar-refractivity contribution in [2.24, 2.45) is 0 Å². The van der Waals surface area contributed by atoms with Crippen LogP contribution in [0.4, 0.5) is 0 Å². The third-order valence-electron chi connectivity index (χ3n) is 7.13. The number of pyridine rings is 1. The number of para-hydroxylation sites is 2. The van der Waals surface area contributed by atoms with Crippen LogP contribution in [0.3, 0.4) is 0 Å². The second kappa shape index (κ2) is 8.11. The van der Waals surface area contributed by atoms with Gasteiger partial charge in [0.25, 0.3) is 0 Å². The van der Waals surface area contributed by atoms with E-state index in [1.54, 1.807) is 0 Å².